The Labute approximate surface area is 229 Å². The molecule has 3 saturated heterocycles. The van der Waals surface area contributed by atoms with Crippen LogP contribution in [0.1, 0.15) is 43.2 Å². The first kappa shape index (κ1) is 24.2. The van der Waals surface area contributed by atoms with E-state index in [1.54, 1.807) is 24.5 Å². The second kappa shape index (κ2) is 9.12. The molecule has 1 amide bonds. The molecule has 7 heterocycles. The fourth-order valence-electron chi connectivity index (χ4n) is 5.72. The summed E-state index contributed by atoms with van der Waals surface area (Å²) in [7, 11) is 0. The van der Waals surface area contributed by atoms with Crippen molar-refractivity contribution in [2.24, 2.45) is 0 Å². The molecule has 1 saturated carbocycles. The van der Waals surface area contributed by atoms with Crippen LogP contribution in [-0.4, -0.2) is 62.1 Å². The summed E-state index contributed by atoms with van der Waals surface area (Å²) in [5, 5.41) is 22.1. The Morgan fingerprint density at radius 1 is 1.18 bits per heavy atom. The number of hydrogen-bond donors (Lipinski definition) is 2. The maximum atomic E-state index is 11.7. The maximum Gasteiger partial charge on any atom is 0.217 e. The molecule has 4 aromatic rings. The standard InChI is InChI=1S/C28H27N7O3S/c1-3-18-10-20-4-5-24(35(20)30-12-18)23-11-22(31-19-14-37-15-19)21(13-29-23)25-33-34-26(39-25)28-8-6-27(7-9-28,16-38-28)32-17(2)36/h1,4-5,10-13,19H,6-9,14-16H2,2H3,(H,29,31)(H,32,36). The molecule has 1 aliphatic carbocycles. The summed E-state index contributed by atoms with van der Waals surface area (Å²) >= 11 is 1.55. The SMILES string of the molecule is C#Cc1cnn2c(-c3cc(NC4COC4)c(-c4nnc(C56CCC(NC(C)=O)(CC5)CO6)s4)cn3)ccc2c1. The Morgan fingerprint density at radius 2 is 2.03 bits per heavy atom. The molecule has 8 rings (SSSR count). The van der Waals surface area contributed by atoms with Crippen LogP contribution in [0, 0.1) is 12.3 Å². The number of carbonyl (C=O) groups excluding carboxylic acids is 1. The van der Waals surface area contributed by atoms with Gasteiger partial charge in [0, 0.05) is 24.4 Å². The van der Waals surface area contributed by atoms with Crippen LogP contribution in [0.15, 0.2) is 36.7 Å². The summed E-state index contributed by atoms with van der Waals surface area (Å²) in [5.74, 6) is 2.62. The van der Waals surface area contributed by atoms with E-state index >= 15 is 0 Å². The van der Waals surface area contributed by atoms with Gasteiger partial charge in [0.15, 0.2) is 5.01 Å². The highest BCUT2D eigenvalue weighted by molar-refractivity contribution is 7.14. The fraction of sp³-hybridized carbons (Fsp3) is 0.393. The number of anilines is 1. The minimum Gasteiger partial charge on any atom is -0.377 e. The normalized spacial score (nSPS) is 24.3. The maximum absolute atomic E-state index is 11.7. The number of terminal acetylenes is 1. The van der Waals surface area contributed by atoms with Gasteiger partial charge in [-0.2, -0.15) is 5.10 Å². The summed E-state index contributed by atoms with van der Waals surface area (Å²) in [6.07, 6.45) is 12.4. The van der Waals surface area contributed by atoms with Gasteiger partial charge in [0.1, 0.15) is 10.6 Å². The van der Waals surface area contributed by atoms with E-state index in [0.717, 1.165) is 69.4 Å². The Balaban J connectivity index is 1.21. The molecule has 0 atom stereocenters. The number of hydrogen-bond acceptors (Lipinski definition) is 9. The fourth-order valence-corrected chi connectivity index (χ4v) is 6.79. The second-order valence-electron chi connectivity index (χ2n) is 10.6. The zero-order valence-electron chi connectivity index (χ0n) is 21.4. The number of aromatic nitrogens is 5. The molecule has 4 aromatic heterocycles. The van der Waals surface area contributed by atoms with Crippen molar-refractivity contribution >= 4 is 28.4 Å². The summed E-state index contributed by atoms with van der Waals surface area (Å²) in [6.45, 7) is 3.35. The largest absolute Gasteiger partial charge is 0.377 e. The van der Waals surface area contributed by atoms with E-state index in [1.165, 1.54) is 0 Å². The molecular formula is C28H27N7O3S. The van der Waals surface area contributed by atoms with Crippen LogP contribution in [0.2, 0.25) is 0 Å². The molecule has 198 valence electrons. The van der Waals surface area contributed by atoms with Gasteiger partial charge in [-0.25, -0.2) is 4.52 Å². The molecule has 0 spiro atoms. The van der Waals surface area contributed by atoms with Crippen molar-refractivity contribution in [2.75, 3.05) is 25.1 Å². The third-order valence-electron chi connectivity index (χ3n) is 7.96. The number of amides is 1. The van der Waals surface area contributed by atoms with Crippen molar-refractivity contribution in [2.45, 2.75) is 49.8 Å². The predicted octanol–water partition coefficient (Wildman–Crippen LogP) is 3.38. The molecule has 4 fully saturated rings. The molecular weight excluding hydrogens is 514 g/mol. The van der Waals surface area contributed by atoms with Crippen LogP contribution < -0.4 is 10.6 Å². The lowest BCUT2D eigenvalue weighted by Crippen LogP contribution is -2.61. The van der Waals surface area contributed by atoms with Crippen molar-refractivity contribution in [1.29, 1.82) is 0 Å². The highest BCUT2D eigenvalue weighted by Gasteiger charge is 2.52. The average Bonchev–Trinajstić information content (AvgIpc) is 3.59. The van der Waals surface area contributed by atoms with E-state index in [1.807, 2.05) is 35.0 Å². The number of nitrogens with zero attached hydrogens (tertiary/aromatic N) is 5. The Morgan fingerprint density at radius 3 is 2.72 bits per heavy atom. The lowest BCUT2D eigenvalue weighted by Gasteiger charge is -2.52. The highest BCUT2D eigenvalue weighted by atomic mass is 32.1. The van der Waals surface area contributed by atoms with Crippen LogP contribution in [0.3, 0.4) is 0 Å². The molecule has 0 radical (unpaired) electrons. The van der Waals surface area contributed by atoms with Crippen LogP contribution in [-0.2, 0) is 19.9 Å². The minimum atomic E-state index is -0.452. The predicted molar refractivity (Wildman–Crippen MR) is 146 cm³/mol. The van der Waals surface area contributed by atoms with Gasteiger partial charge in [-0.1, -0.05) is 17.3 Å². The van der Waals surface area contributed by atoms with E-state index in [9.17, 15) is 4.79 Å². The third kappa shape index (κ3) is 4.16. The lowest BCUT2D eigenvalue weighted by atomic mass is 9.71. The van der Waals surface area contributed by atoms with Crippen LogP contribution in [0.4, 0.5) is 5.69 Å². The molecule has 2 bridgehead atoms. The number of fused-ring (bicyclic) bond motifs is 4. The molecule has 10 nitrogen and oxygen atoms in total. The number of ether oxygens (including phenoxy) is 2. The number of rotatable bonds is 6. The third-order valence-corrected chi connectivity index (χ3v) is 9.10. The van der Waals surface area contributed by atoms with Gasteiger partial charge in [0.05, 0.1) is 60.1 Å². The van der Waals surface area contributed by atoms with Gasteiger partial charge in [-0.3, -0.25) is 9.78 Å². The topological polar surface area (TPSA) is 116 Å². The van der Waals surface area contributed by atoms with Crippen molar-refractivity contribution < 1.29 is 14.3 Å². The van der Waals surface area contributed by atoms with Crippen molar-refractivity contribution in [3.63, 3.8) is 0 Å². The number of carbonyl (C=O) groups is 1. The molecule has 39 heavy (non-hydrogen) atoms. The van der Waals surface area contributed by atoms with Crippen LogP contribution in [0.5, 0.6) is 0 Å². The monoisotopic (exact) mass is 541 g/mol. The summed E-state index contributed by atoms with van der Waals surface area (Å²) < 4.78 is 13.6. The Kier molecular flexibility index (Phi) is 5.66. The van der Waals surface area contributed by atoms with Gasteiger partial charge >= 0.3 is 0 Å². The van der Waals surface area contributed by atoms with Gasteiger partial charge in [-0.15, -0.1) is 16.6 Å². The quantitative estimate of drug-likeness (QED) is 0.357. The van der Waals surface area contributed by atoms with E-state index in [0.29, 0.717) is 19.8 Å². The minimum absolute atomic E-state index is 0.0136. The molecule has 0 aromatic carbocycles. The van der Waals surface area contributed by atoms with E-state index in [4.69, 9.17) is 20.9 Å². The zero-order chi connectivity index (χ0) is 26.6. The van der Waals surface area contributed by atoms with Crippen LogP contribution in [0.25, 0.3) is 27.5 Å². The number of nitrogens with one attached hydrogen (secondary N) is 2. The molecule has 0 unspecified atom stereocenters. The van der Waals surface area contributed by atoms with Crippen molar-refractivity contribution in [3.8, 4) is 34.3 Å². The molecule has 2 N–H and O–H groups in total. The summed E-state index contributed by atoms with van der Waals surface area (Å²) in [6, 6.07) is 8.15. The van der Waals surface area contributed by atoms with E-state index < -0.39 is 5.60 Å². The first-order chi connectivity index (χ1) is 19.0. The van der Waals surface area contributed by atoms with Gasteiger partial charge in [-0.05, 0) is 49.9 Å². The van der Waals surface area contributed by atoms with Crippen molar-refractivity contribution in [3.05, 3.63) is 47.2 Å². The van der Waals surface area contributed by atoms with Gasteiger partial charge in [0.2, 0.25) is 5.91 Å². The molecule has 4 aliphatic rings. The highest BCUT2D eigenvalue weighted by Crippen LogP contribution is 2.51. The first-order valence-corrected chi connectivity index (χ1v) is 13.8. The van der Waals surface area contributed by atoms with E-state index in [-0.39, 0.29) is 17.5 Å². The van der Waals surface area contributed by atoms with Crippen LogP contribution >= 0.6 is 11.3 Å². The lowest BCUT2D eigenvalue weighted by molar-refractivity contribution is -0.171. The van der Waals surface area contributed by atoms with Gasteiger partial charge in [0.25, 0.3) is 0 Å². The smallest absolute Gasteiger partial charge is 0.217 e. The summed E-state index contributed by atoms with van der Waals surface area (Å²) in [5.41, 5.74) is 4.37. The number of pyridine rings is 1. The zero-order valence-corrected chi connectivity index (χ0v) is 22.3. The Hall–Kier alpha value is -3.85. The Bertz CT molecular complexity index is 1610. The summed E-state index contributed by atoms with van der Waals surface area (Å²) in [4.78, 5) is 16.5. The molecule has 3 aliphatic heterocycles. The van der Waals surface area contributed by atoms with E-state index in [2.05, 4.69) is 31.9 Å². The second-order valence-corrected chi connectivity index (χ2v) is 11.6. The average molecular weight is 542 g/mol. The van der Waals surface area contributed by atoms with Crippen molar-refractivity contribution in [1.82, 2.24) is 30.1 Å². The van der Waals surface area contributed by atoms with Gasteiger partial charge < -0.3 is 20.1 Å². The molecule has 11 heteroatoms. The first-order valence-electron chi connectivity index (χ1n) is 13.0.